The number of hydrogen-bond donors (Lipinski definition) is 3. The van der Waals surface area contributed by atoms with E-state index in [2.05, 4.69) is 55.4 Å². The molecule has 0 rings (SSSR count). The molecule has 3 unspecified atom stereocenters. The van der Waals surface area contributed by atoms with Crippen LogP contribution in [0.25, 0.3) is 0 Å². The molecule has 516 valence electrons. The van der Waals surface area contributed by atoms with Crippen LogP contribution in [0.3, 0.4) is 0 Å². The zero-order valence-corrected chi connectivity index (χ0v) is 58.4. The predicted molar refractivity (Wildman–Crippen MR) is 349 cm³/mol. The van der Waals surface area contributed by atoms with Crippen LogP contribution in [0.4, 0.5) is 0 Å². The van der Waals surface area contributed by atoms with Gasteiger partial charge in [-0.1, -0.05) is 280 Å². The van der Waals surface area contributed by atoms with Crippen LogP contribution in [0.5, 0.6) is 0 Å². The summed E-state index contributed by atoms with van der Waals surface area (Å²) in [5.74, 6) is 0.778. The average molecular weight is 1280 g/mol. The number of ether oxygens (including phenoxy) is 4. The molecule has 0 amide bonds. The van der Waals surface area contributed by atoms with Gasteiger partial charge in [0.05, 0.1) is 26.4 Å². The van der Waals surface area contributed by atoms with E-state index in [0.29, 0.717) is 37.5 Å². The predicted octanol–water partition coefficient (Wildman–Crippen LogP) is 18.9. The first-order valence-electron chi connectivity index (χ1n) is 35.2. The minimum Gasteiger partial charge on any atom is -0.462 e. The summed E-state index contributed by atoms with van der Waals surface area (Å²) in [6.45, 7) is 14.0. The van der Waals surface area contributed by atoms with Gasteiger partial charge in [-0.2, -0.15) is 0 Å². The standard InChI is InChI=1S/C68H132O17P2/c1-9-61(8)47-39-31-21-18-19-23-34-42-50-67(72)84-63(55-79-66(71)49-41-33-26-24-29-37-45-59(4)5)56-82-86(74,75)80-52-62(69)53-81-87(76,77)83-57-64(85-68(73)51-43-35-27-25-30-38-46-60(6)7)54-78-65(70)48-40-32-22-17-15-13-11-10-12-14-16-20-28-36-44-58(2)3/h58-64,69H,9-57H2,1-8H3,(H,74,75)(H,76,77)/t61?,62-,63+,64+/m0/s1. The van der Waals surface area contributed by atoms with Crippen molar-refractivity contribution in [3.8, 4) is 0 Å². The molecule has 3 N–H and O–H groups in total. The van der Waals surface area contributed by atoms with E-state index in [1.807, 2.05) is 0 Å². The Morgan fingerprint density at radius 3 is 0.816 bits per heavy atom. The SMILES string of the molecule is CCC(C)CCCCCCCCCCC(=O)O[C@H](COC(=O)CCCCCCCCC(C)C)COP(=O)(O)OC[C@H](O)COP(=O)(O)OC[C@@H](COC(=O)CCCCCCCCCCCCCCCCC(C)C)OC(=O)CCCCCCCCC(C)C. The summed E-state index contributed by atoms with van der Waals surface area (Å²) in [4.78, 5) is 72.3. The highest BCUT2D eigenvalue weighted by Gasteiger charge is 2.30. The van der Waals surface area contributed by atoms with Crippen LogP contribution in [0.2, 0.25) is 0 Å². The number of aliphatic hydroxyl groups is 1. The molecule has 17 nitrogen and oxygen atoms in total. The van der Waals surface area contributed by atoms with Crippen molar-refractivity contribution in [1.82, 2.24) is 0 Å². The third kappa shape index (κ3) is 61.3. The summed E-state index contributed by atoms with van der Waals surface area (Å²) in [7, 11) is -9.90. The highest BCUT2D eigenvalue weighted by atomic mass is 31.2. The maximum atomic E-state index is 13.0. The number of carbonyl (C=O) groups excluding carboxylic acids is 4. The number of esters is 4. The maximum absolute atomic E-state index is 13.0. The molecule has 0 aliphatic heterocycles. The van der Waals surface area contributed by atoms with Gasteiger partial charge in [-0.05, 0) is 49.4 Å². The van der Waals surface area contributed by atoms with E-state index in [9.17, 15) is 43.2 Å². The molecular formula is C68H132O17P2. The van der Waals surface area contributed by atoms with Crippen molar-refractivity contribution in [2.45, 2.75) is 350 Å². The van der Waals surface area contributed by atoms with Crippen LogP contribution in [0.15, 0.2) is 0 Å². The molecule has 0 aromatic carbocycles. The molecule has 6 atom stereocenters. The summed E-state index contributed by atoms with van der Waals surface area (Å²) in [5, 5.41) is 10.6. The number of phosphoric acid groups is 2. The van der Waals surface area contributed by atoms with Crippen LogP contribution in [0, 0.1) is 23.7 Å². The van der Waals surface area contributed by atoms with Gasteiger partial charge in [-0.3, -0.25) is 37.3 Å². The van der Waals surface area contributed by atoms with Crippen molar-refractivity contribution < 1.29 is 80.2 Å². The molecule has 0 saturated heterocycles. The van der Waals surface area contributed by atoms with Gasteiger partial charge < -0.3 is 33.8 Å². The number of hydrogen-bond acceptors (Lipinski definition) is 15. The Hall–Kier alpha value is -1.94. The van der Waals surface area contributed by atoms with Gasteiger partial charge in [-0.25, -0.2) is 9.13 Å². The summed E-state index contributed by atoms with van der Waals surface area (Å²) in [5.41, 5.74) is 0. The minimum atomic E-state index is -4.95. The zero-order chi connectivity index (χ0) is 64.7. The van der Waals surface area contributed by atoms with Crippen LogP contribution in [0.1, 0.15) is 331 Å². The zero-order valence-electron chi connectivity index (χ0n) is 56.6. The summed E-state index contributed by atoms with van der Waals surface area (Å²) >= 11 is 0. The van der Waals surface area contributed by atoms with Crippen molar-refractivity contribution >= 4 is 39.5 Å². The lowest BCUT2D eigenvalue weighted by molar-refractivity contribution is -0.161. The van der Waals surface area contributed by atoms with E-state index < -0.39 is 97.5 Å². The quantitative estimate of drug-likeness (QED) is 0.0222. The van der Waals surface area contributed by atoms with Crippen LogP contribution >= 0.6 is 15.6 Å². The first kappa shape index (κ1) is 85.1. The Balaban J connectivity index is 5.18. The van der Waals surface area contributed by atoms with Gasteiger partial charge in [-0.15, -0.1) is 0 Å². The molecule has 0 aromatic rings. The fraction of sp³-hybridized carbons (Fsp3) is 0.941. The average Bonchev–Trinajstić information content (AvgIpc) is 3.69. The molecule has 19 heteroatoms. The number of rotatable bonds is 65. The van der Waals surface area contributed by atoms with E-state index in [4.69, 9.17) is 37.0 Å². The molecule has 0 aliphatic carbocycles. The lowest BCUT2D eigenvalue weighted by Crippen LogP contribution is -2.30. The molecule has 0 heterocycles. The largest absolute Gasteiger partial charge is 0.472 e. The molecule has 0 aromatic heterocycles. The second-order valence-electron chi connectivity index (χ2n) is 26.2. The topological polar surface area (TPSA) is 237 Å². The Bertz CT molecular complexity index is 1730. The fourth-order valence-corrected chi connectivity index (χ4v) is 11.7. The van der Waals surface area contributed by atoms with Gasteiger partial charge in [0, 0.05) is 25.7 Å². The van der Waals surface area contributed by atoms with Crippen molar-refractivity contribution in [3.63, 3.8) is 0 Å². The smallest absolute Gasteiger partial charge is 0.462 e. The Kier molecular flexibility index (Phi) is 56.6. The Labute approximate surface area is 530 Å². The molecule has 0 saturated carbocycles. The molecular weight excluding hydrogens is 1150 g/mol. The normalized spacial score (nSPS) is 14.6. The molecule has 0 spiro atoms. The number of unbranched alkanes of at least 4 members (excludes halogenated alkanes) is 30. The highest BCUT2D eigenvalue weighted by Crippen LogP contribution is 2.45. The van der Waals surface area contributed by atoms with Gasteiger partial charge in [0.2, 0.25) is 0 Å². The number of phosphoric ester groups is 2. The van der Waals surface area contributed by atoms with Crippen LogP contribution in [-0.2, 0) is 65.4 Å². The van der Waals surface area contributed by atoms with Crippen LogP contribution in [-0.4, -0.2) is 96.7 Å². The number of aliphatic hydroxyl groups excluding tert-OH is 1. The van der Waals surface area contributed by atoms with Crippen LogP contribution < -0.4 is 0 Å². The lowest BCUT2D eigenvalue weighted by Gasteiger charge is -2.21. The Morgan fingerprint density at radius 2 is 0.552 bits per heavy atom. The molecule has 0 aliphatic rings. The van der Waals surface area contributed by atoms with E-state index in [1.165, 1.54) is 128 Å². The minimum absolute atomic E-state index is 0.102. The van der Waals surface area contributed by atoms with Crippen molar-refractivity contribution in [1.29, 1.82) is 0 Å². The van der Waals surface area contributed by atoms with Crippen molar-refractivity contribution in [2.75, 3.05) is 39.6 Å². The van der Waals surface area contributed by atoms with Crippen molar-refractivity contribution in [2.24, 2.45) is 23.7 Å². The molecule has 0 radical (unpaired) electrons. The van der Waals surface area contributed by atoms with Crippen molar-refractivity contribution in [3.05, 3.63) is 0 Å². The van der Waals surface area contributed by atoms with E-state index in [1.54, 1.807) is 0 Å². The maximum Gasteiger partial charge on any atom is 0.472 e. The molecule has 0 fully saturated rings. The highest BCUT2D eigenvalue weighted by molar-refractivity contribution is 7.47. The summed E-state index contributed by atoms with van der Waals surface area (Å²) < 4.78 is 68.1. The van der Waals surface area contributed by atoms with Gasteiger partial charge >= 0.3 is 39.5 Å². The molecule has 0 bridgehead atoms. The van der Waals surface area contributed by atoms with E-state index >= 15 is 0 Å². The second kappa shape index (κ2) is 57.9. The summed E-state index contributed by atoms with van der Waals surface area (Å²) in [6, 6.07) is 0. The van der Waals surface area contributed by atoms with Gasteiger partial charge in [0.25, 0.3) is 0 Å². The third-order valence-corrected chi connectivity index (χ3v) is 17.8. The summed E-state index contributed by atoms with van der Waals surface area (Å²) in [6.07, 6.45) is 39.3. The second-order valence-corrected chi connectivity index (χ2v) is 29.1. The number of carbonyl (C=O) groups is 4. The van der Waals surface area contributed by atoms with Gasteiger partial charge in [0.15, 0.2) is 12.2 Å². The first-order chi connectivity index (χ1) is 41.6. The molecule has 87 heavy (non-hydrogen) atoms. The Morgan fingerprint density at radius 1 is 0.322 bits per heavy atom. The monoisotopic (exact) mass is 1280 g/mol. The fourth-order valence-electron chi connectivity index (χ4n) is 10.1. The third-order valence-electron chi connectivity index (χ3n) is 15.9. The van der Waals surface area contributed by atoms with E-state index in [-0.39, 0.29) is 25.7 Å². The first-order valence-corrected chi connectivity index (χ1v) is 38.2. The van der Waals surface area contributed by atoms with E-state index in [0.717, 1.165) is 108 Å². The lowest BCUT2D eigenvalue weighted by atomic mass is 9.99. The van der Waals surface area contributed by atoms with Gasteiger partial charge in [0.1, 0.15) is 19.3 Å².